The minimum absolute atomic E-state index is 0.0459. The lowest BCUT2D eigenvalue weighted by Gasteiger charge is -2.32. The number of rotatable bonds is 18. The monoisotopic (exact) mass is 628 g/mol. The van der Waals surface area contributed by atoms with E-state index in [4.69, 9.17) is 18.9 Å². The summed E-state index contributed by atoms with van der Waals surface area (Å²) in [5, 5.41) is 5.45. The number of amides is 2. The van der Waals surface area contributed by atoms with Gasteiger partial charge < -0.3 is 29.6 Å². The van der Waals surface area contributed by atoms with E-state index in [1.165, 1.54) is 5.57 Å². The zero-order chi connectivity index (χ0) is 33.2. The van der Waals surface area contributed by atoms with E-state index in [9.17, 15) is 19.2 Å². The summed E-state index contributed by atoms with van der Waals surface area (Å²) >= 11 is 0. The number of ether oxygens (including phenoxy) is 4. The molecule has 0 saturated carbocycles. The molecular formula is C35H52N2O8. The summed E-state index contributed by atoms with van der Waals surface area (Å²) < 4.78 is 21.8. The molecule has 1 aromatic carbocycles. The van der Waals surface area contributed by atoms with Crippen LogP contribution >= 0.6 is 0 Å². The van der Waals surface area contributed by atoms with Gasteiger partial charge in [-0.15, -0.1) is 0 Å². The van der Waals surface area contributed by atoms with Crippen LogP contribution in [0.2, 0.25) is 0 Å². The summed E-state index contributed by atoms with van der Waals surface area (Å²) in [6.45, 7) is 15.0. The molecule has 2 atom stereocenters. The first-order valence-electron chi connectivity index (χ1n) is 16.3. The lowest BCUT2D eigenvalue weighted by molar-refractivity contribution is -0.144. The van der Waals surface area contributed by atoms with Crippen LogP contribution in [0.3, 0.4) is 0 Å². The van der Waals surface area contributed by atoms with Crippen LogP contribution in [0.5, 0.6) is 11.5 Å². The molecule has 0 unspecified atom stereocenters. The van der Waals surface area contributed by atoms with Gasteiger partial charge in [-0.2, -0.15) is 0 Å². The molecule has 10 nitrogen and oxygen atoms in total. The number of carbonyl (C=O) groups excluding carboxylic acids is 4. The highest BCUT2D eigenvalue weighted by Crippen LogP contribution is 2.47. The van der Waals surface area contributed by atoms with Gasteiger partial charge in [0.05, 0.1) is 13.2 Å². The minimum Gasteiger partial charge on any atom is -0.466 e. The Morgan fingerprint density at radius 3 is 1.84 bits per heavy atom. The molecule has 1 aliphatic carbocycles. The van der Waals surface area contributed by atoms with Crippen LogP contribution in [0.4, 0.5) is 9.59 Å². The number of hydrogen-bond acceptors (Lipinski definition) is 8. The van der Waals surface area contributed by atoms with Gasteiger partial charge >= 0.3 is 24.1 Å². The van der Waals surface area contributed by atoms with Crippen molar-refractivity contribution in [2.24, 2.45) is 5.92 Å². The molecule has 10 heteroatoms. The predicted molar refractivity (Wildman–Crippen MR) is 173 cm³/mol. The predicted octanol–water partition coefficient (Wildman–Crippen LogP) is 7.30. The van der Waals surface area contributed by atoms with E-state index in [2.05, 4.69) is 37.1 Å². The molecule has 0 spiro atoms. The summed E-state index contributed by atoms with van der Waals surface area (Å²) in [5.41, 5.74) is 3.66. The van der Waals surface area contributed by atoms with Gasteiger partial charge in [-0.3, -0.25) is 9.59 Å². The summed E-state index contributed by atoms with van der Waals surface area (Å²) in [5.74, 6) is -0.191. The Morgan fingerprint density at radius 2 is 1.38 bits per heavy atom. The Labute approximate surface area is 268 Å². The molecule has 250 valence electrons. The fourth-order valence-electron chi connectivity index (χ4n) is 5.37. The molecule has 0 saturated heterocycles. The first kappa shape index (κ1) is 37.4. The van der Waals surface area contributed by atoms with Gasteiger partial charge in [0.2, 0.25) is 0 Å². The van der Waals surface area contributed by atoms with Gasteiger partial charge in [-0.25, -0.2) is 9.59 Å². The second-order valence-corrected chi connectivity index (χ2v) is 11.4. The van der Waals surface area contributed by atoms with Gasteiger partial charge in [-0.05, 0) is 89.8 Å². The molecule has 0 fully saturated rings. The van der Waals surface area contributed by atoms with Crippen molar-refractivity contribution in [1.29, 1.82) is 0 Å². The number of esters is 2. The van der Waals surface area contributed by atoms with Gasteiger partial charge in [-0.1, -0.05) is 43.6 Å². The Bertz CT molecular complexity index is 1130. The summed E-state index contributed by atoms with van der Waals surface area (Å²) in [7, 11) is 0. The highest BCUT2D eigenvalue weighted by atomic mass is 16.6. The molecule has 2 N–H and O–H groups in total. The summed E-state index contributed by atoms with van der Waals surface area (Å²) in [4.78, 5) is 49.4. The highest BCUT2D eigenvalue weighted by Gasteiger charge is 2.32. The third kappa shape index (κ3) is 13.4. The van der Waals surface area contributed by atoms with Crippen LogP contribution in [0, 0.1) is 5.92 Å². The molecule has 0 aromatic heterocycles. The third-order valence-corrected chi connectivity index (χ3v) is 7.62. The molecule has 1 aromatic rings. The van der Waals surface area contributed by atoms with Crippen LogP contribution in [0.25, 0.3) is 0 Å². The Morgan fingerprint density at radius 1 is 0.844 bits per heavy atom. The van der Waals surface area contributed by atoms with Crippen molar-refractivity contribution in [3.8, 4) is 11.5 Å². The van der Waals surface area contributed by atoms with E-state index < -0.39 is 12.2 Å². The Kier molecular flexibility index (Phi) is 16.8. The van der Waals surface area contributed by atoms with E-state index in [0.29, 0.717) is 49.5 Å². The maximum atomic E-state index is 13.0. The SMILES string of the molecule is C=C(C)[C@@H]1CCC(C)=C[C@H]1c1c(OC(=O)NCCCC(=O)OCC)cc(CCCCC)cc1OC(=O)NCCCC(=O)OCC. The van der Waals surface area contributed by atoms with Crippen LogP contribution in [0.15, 0.2) is 35.9 Å². The fraction of sp³-hybridized carbons (Fsp3) is 0.600. The van der Waals surface area contributed by atoms with Gasteiger partial charge in [0.25, 0.3) is 0 Å². The lowest BCUT2D eigenvalue weighted by Crippen LogP contribution is -2.30. The average molecular weight is 629 g/mol. The maximum absolute atomic E-state index is 13.0. The van der Waals surface area contributed by atoms with Crippen molar-refractivity contribution in [2.45, 2.75) is 105 Å². The van der Waals surface area contributed by atoms with Crippen LogP contribution in [-0.4, -0.2) is 50.4 Å². The largest absolute Gasteiger partial charge is 0.466 e. The van der Waals surface area contributed by atoms with Gasteiger partial charge in [0.1, 0.15) is 11.5 Å². The van der Waals surface area contributed by atoms with Crippen molar-refractivity contribution in [3.63, 3.8) is 0 Å². The van der Waals surface area contributed by atoms with E-state index in [1.807, 2.05) is 19.1 Å². The smallest absolute Gasteiger partial charge is 0.412 e. The topological polar surface area (TPSA) is 129 Å². The number of hydrogen-bond donors (Lipinski definition) is 2. The van der Waals surface area contributed by atoms with Crippen molar-refractivity contribution in [2.75, 3.05) is 26.3 Å². The summed E-state index contributed by atoms with van der Waals surface area (Å²) in [6.07, 6.45) is 7.48. The number of benzene rings is 1. The molecule has 1 aliphatic rings. The Hall–Kier alpha value is -3.82. The highest BCUT2D eigenvalue weighted by molar-refractivity contribution is 5.75. The number of carbonyl (C=O) groups is 4. The molecule has 2 rings (SSSR count). The second kappa shape index (κ2) is 20.3. The quantitative estimate of drug-likeness (QED) is 0.0984. The first-order chi connectivity index (χ1) is 21.6. The number of allylic oxidation sites excluding steroid dienone is 3. The molecule has 0 bridgehead atoms. The number of aryl methyl sites for hydroxylation is 1. The molecule has 0 radical (unpaired) electrons. The van der Waals surface area contributed by atoms with Crippen molar-refractivity contribution >= 4 is 24.1 Å². The van der Waals surface area contributed by atoms with E-state index in [0.717, 1.165) is 43.2 Å². The number of nitrogens with one attached hydrogen (secondary N) is 2. The molecular weight excluding hydrogens is 576 g/mol. The average Bonchev–Trinajstić information content (AvgIpc) is 2.98. The van der Waals surface area contributed by atoms with Crippen molar-refractivity contribution in [1.82, 2.24) is 10.6 Å². The lowest BCUT2D eigenvalue weighted by atomic mass is 9.73. The molecule has 0 aliphatic heterocycles. The summed E-state index contributed by atoms with van der Waals surface area (Å²) in [6, 6.07) is 3.72. The van der Waals surface area contributed by atoms with Gasteiger partial charge in [0, 0.05) is 37.4 Å². The van der Waals surface area contributed by atoms with E-state index in [-0.39, 0.29) is 49.7 Å². The van der Waals surface area contributed by atoms with Gasteiger partial charge in [0.15, 0.2) is 0 Å². The van der Waals surface area contributed by atoms with Crippen LogP contribution in [0.1, 0.15) is 109 Å². The zero-order valence-corrected chi connectivity index (χ0v) is 27.8. The minimum atomic E-state index is -0.663. The third-order valence-electron chi connectivity index (χ3n) is 7.62. The van der Waals surface area contributed by atoms with Crippen LogP contribution in [-0.2, 0) is 25.5 Å². The second-order valence-electron chi connectivity index (χ2n) is 11.4. The normalized spacial score (nSPS) is 15.8. The molecule has 2 amide bonds. The standard InChI is InChI=1S/C35H52N2O8/c1-7-10-11-14-26-22-29(44-34(40)36-19-12-15-31(38)42-8-2)33(28-21-25(6)17-18-27(28)24(4)5)30(23-26)45-35(41)37-20-13-16-32(39)43-9-3/h21-23,27-28H,4,7-20H2,1-3,5-6H3,(H,36,40)(H,37,41)/t27-,28+/m0/s1. The zero-order valence-electron chi connectivity index (χ0n) is 27.8. The Balaban J connectivity index is 2.41. The molecule has 0 heterocycles. The fourth-order valence-corrected chi connectivity index (χ4v) is 5.37. The van der Waals surface area contributed by atoms with E-state index in [1.54, 1.807) is 13.8 Å². The number of unbranched alkanes of at least 4 members (excludes halogenated alkanes) is 2. The maximum Gasteiger partial charge on any atom is 0.412 e. The van der Waals surface area contributed by atoms with Crippen molar-refractivity contribution < 1.29 is 38.1 Å². The van der Waals surface area contributed by atoms with Crippen molar-refractivity contribution in [3.05, 3.63) is 47.1 Å². The van der Waals surface area contributed by atoms with E-state index >= 15 is 0 Å². The first-order valence-corrected chi connectivity index (χ1v) is 16.3. The molecule has 45 heavy (non-hydrogen) atoms. The van der Waals surface area contributed by atoms with Crippen LogP contribution < -0.4 is 20.1 Å².